The first-order chi connectivity index (χ1) is 57.0. The highest BCUT2D eigenvalue weighted by Gasteiger charge is 2.39. The number of carboxylic acids is 1. The van der Waals surface area contributed by atoms with Gasteiger partial charge in [-0.15, -0.1) is 0 Å². The number of hydrogen-bond donors (Lipinski definition) is 22. The summed E-state index contributed by atoms with van der Waals surface area (Å²) < 4.78 is 0. The molecule has 14 atom stereocenters. The molecule has 0 aromatic carbocycles. The first-order valence-corrected chi connectivity index (χ1v) is 44.4. The van der Waals surface area contributed by atoms with E-state index < -0.39 is 173 Å². The summed E-state index contributed by atoms with van der Waals surface area (Å²) in [6.07, 6.45) is 5.77. The topological polar surface area (TPSA) is 641 Å². The second kappa shape index (κ2) is 63.7. The van der Waals surface area contributed by atoms with Gasteiger partial charge >= 0.3 is 5.97 Å². The van der Waals surface area contributed by atoms with Crippen LogP contribution in [-0.4, -0.2) is 218 Å². The zero-order valence-electron chi connectivity index (χ0n) is 75.4. The molecule has 0 saturated heterocycles. The minimum Gasteiger partial charge on any atom is -0.481 e. The number of hydrogen-bond acceptors (Lipinski definition) is 22. The second-order valence-corrected chi connectivity index (χ2v) is 35.2. The van der Waals surface area contributed by atoms with Gasteiger partial charge in [0.25, 0.3) is 0 Å². The molecule has 0 aliphatic heterocycles. The number of nitrogens with one attached hydrogen (secondary N) is 13. The highest BCUT2D eigenvalue weighted by atomic mass is 16.4. The van der Waals surface area contributed by atoms with Crippen molar-refractivity contribution in [3.63, 3.8) is 0 Å². The Morgan fingerprint density at radius 3 is 0.521 bits per heavy atom. The van der Waals surface area contributed by atoms with Gasteiger partial charge in [-0.05, 0) is 254 Å². The van der Waals surface area contributed by atoms with E-state index in [0.29, 0.717) is 90.0 Å². The Balaban J connectivity index is 7.41. The van der Waals surface area contributed by atoms with Gasteiger partial charge in [0.15, 0.2) is 0 Å². The Bertz CT molecular complexity index is 3120. The number of carboxylic acid groups (broad SMARTS) is 1. The van der Waals surface area contributed by atoms with Crippen LogP contribution in [0.3, 0.4) is 0 Å². The van der Waals surface area contributed by atoms with Crippen molar-refractivity contribution in [1.82, 2.24) is 69.1 Å². The van der Waals surface area contributed by atoms with Crippen LogP contribution in [0.4, 0.5) is 0 Å². The van der Waals surface area contributed by atoms with Gasteiger partial charge in [-0.1, -0.05) is 96.9 Å². The molecule has 30 N–H and O–H groups in total. The minimum absolute atomic E-state index is 0.0194. The number of unbranched alkanes of at least 4 members (excludes halogenated alkanes) is 6. The summed E-state index contributed by atoms with van der Waals surface area (Å²) in [5, 5.41) is 45.4. The molecular formula is C84H161N21O16. The molecule has 0 saturated carbocycles. The quantitative estimate of drug-likeness (QED) is 0.0368. The Morgan fingerprint density at radius 2 is 0.364 bits per heavy atom. The maximum atomic E-state index is 14.9. The highest BCUT2D eigenvalue weighted by Crippen LogP contribution is 2.19. The lowest BCUT2D eigenvalue weighted by Gasteiger charge is -2.30. The zero-order valence-corrected chi connectivity index (χ0v) is 75.4. The molecule has 0 rings (SSSR count). The molecule has 0 aromatic heterocycles. The second-order valence-electron chi connectivity index (χ2n) is 35.2. The van der Waals surface area contributed by atoms with Gasteiger partial charge in [-0.2, -0.15) is 0 Å². The van der Waals surface area contributed by atoms with Gasteiger partial charge in [0.05, 0.1) is 6.04 Å². The minimum atomic E-state index is -1.33. The third-order valence-corrected chi connectivity index (χ3v) is 20.1. The predicted molar refractivity (Wildman–Crippen MR) is 467 cm³/mol. The number of carbonyl (C=O) groups excluding carboxylic acids is 14. The molecule has 37 heteroatoms. The molecule has 121 heavy (non-hydrogen) atoms. The monoisotopic (exact) mass is 1720 g/mol. The third-order valence-electron chi connectivity index (χ3n) is 20.1. The van der Waals surface area contributed by atoms with Crippen molar-refractivity contribution in [2.45, 2.75) is 361 Å². The van der Waals surface area contributed by atoms with Crippen LogP contribution in [0.2, 0.25) is 0 Å². The fourth-order valence-corrected chi connectivity index (χ4v) is 13.7. The number of amides is 14. The van der Waals surface area contributed by atoms with Crippen molar-refractivity contribution >= 4 is 88.7 Å². The van der Waals surface area contributed by atoms with E-state index in [1.807, 2.05) is 83.1 Å². The van der Waals surface area contributed by atoms with Crippen LogP contribution in [0, 0.1) is 41.4 Å². The van der Waals surface area contributed by atoms with Gasteiger partial charge < -0.3 is 120 Å². The Labute approximate surface area is 719 Å². The first kappa shape index (κ1) is 113. The molecule has 0 aromatic rings. The van der Waals surface area contributed by atoms with Crippen molar-refractivity contribution < 1.29 is 77.0 Å². The standard InChI is InChI=1S/C84H161N21O16/c1-49(2)42-56(91)72(109)100-64(43-50(3)4)80(117)97-58(28-15-21-36-85)73(110)95-62(32-19-25-40-89)77(114)102-68(47-54(11)12)83(120)105-67(46-53(9)10)82(119)99-60(30-17-23-38-87)75(112)96-63(33-20-26-41-90)78(115)103-69(48-55(13)14)84(121)104-66(45-52(7)8)81(118)98-59(29-16-22-37-86)74(111)94-61(31-18-24-39-88)76(113)101-65(44-51(5)6)79(116)93-57(71(92)108)34-27-35-70(106)107/h49-69H,15-48,85-91H2,1-14H3,(H2,92,108)(H,93,116)(H,94,111)(H,95,110)(H,96,112)(H,97,117)(H,98,118)(H,99,119)(H,100,109)(H,101,113)(H,102,114)(H,103,115)(H,104,121)(H,105,120)(H,106,107)/t56-,57-,58-,59-,60-,61-,62-,63-,64-,65-,66-,67-,68-,69-/m0/s1. The van der Waals surface area contributed by atoms with E-state index >= 15 is 0 Å². The Hall–Kier alpha value is -8.23. The smallest absolute Gasteiger partial charge is 0.303 e. The molecular weight excluding hydrogens is 1560 g/mol. The number of aliphatic carboxylic acids is 1. The van der Waals surface area contributed by atoms with E-state index in [9.17, 15) is 71.9 Å². The van der Waals surface area contributed by atoms with E-state index in [1.54, 1.807) is 13.8 Å². The summed E-state index contributed by atoms with van der Waals surface area (Å²) >= 11 is 0. The van der Waals surface area contributed by atoms with Gasteiger partial charge in [0, 0.05) is 6.42 Å². The average Bonchev–Trinajstić information content (AvgIpc) is 0.799. The molecule has 0 bridgehead atoms. The zero-order chi connectivity index (χ0) is 92.0. The number of rotatable bonds is 69. The highest BCUT2D eigenvalue weighted by molar-refractivity contribution is 6.00. The number of primary amides is 1. The van der Waals surface area contributed by atoms with Crippen LogP contribution in [0.15, 0.2) is 0 Å². The Morgan fingerprint density at radius 1 is 0.215 bits per heavy atom. The lowest BCUT2D eigenvalue weighted by Crippen LogP contribution is -2.61. The van der Waals surface area contributed by atoms with Crippen molar-refractivity contribution in [1.29, 1.82) is 0 Å². The van der Waals surface area contributed by atoms with E-state index in [1.165, 1.54) is 0 Å². The van der Waals surface area contributed by atoms with Gasteiger partial charge in [0.1, 0.15) is 78.5 Å². The first-order valence-electron chi connectivity index (χ1n) is 44.4. The molecule has 0 aliphatic rings. The van der Waals surface area contributed by atoms with E-state index in [2.05, 4.69) is 69.1 Å². The van der Waals surface area contributed by atoms with Crippen LogP contribution in [-0.2, 0) is 71.9 Å². The number of carbonyl (C=O) groups is 15. The molecule has 0 spiro atoms. The van der Waals surface area contributed by atoms with Crippen molar-refractivity contribution in [3.05, 3.63) is 0 Å². The molecule has 0 unspecified atom stereocenters. The summed E-state index contributed by atoms with van der Waals surface area (Å²) in [5.74, 6) is -12.5. The fourth-order valence-electron chi connectivity index (χ4n) is 13.7. The molecule has 0 aliphatic carbocycles. The summed E-state index contributed by atoms with van der Waals surface area (Å²) in [4.78, 5) is 212. The van der Waals surface area contributed by atoms with Gasteiger partial charge in [0.2, 0.25) is 82.7 Å². The maximum Gasteiger partial charge on any atom is 0.303 e. The van der Waals surface area contributed by atoms with Crippen LogP contribution >= 0.6 is 0 Å². The molecule has 0 radical (unpaired) electrons. The molecule has 14 amide bonds. The summed E-state index contributed by atoms with van der Waals surface area (Å²) in [6.45, 7) is 27.3. The molecule has 0 heterocycles. The normalized spacial score (nSPS) is 15.1. The van der Waals surface area contributed by atoms with Crippen molar-refractivity contribution in [3.8, 4) is 0 Å². The predicted octanol–water partition coefficient (Wildman–Crippen LogP) is 0.453. The lowest BCUT2D eigenvalue weighted by atomic mass is 9.98. The van der Waals surface area contributed by atoms with Crippen molar-refractivity contribution in [2.75, 3.05) is 39.3 Å². The summed E-state index contributed by atoms with van der Waals surface area (Å²) in [7, 11) is 0. The number of nitrogens with two attached hydrogens (primary N) is 8. The van der Waals surface area contributed by atoms with Crippen molar-refractivity contribution in [2.24, 2.45) is 87.3 Å². The average molecular weight is 1720 g/mol. The third kappa shape index (κ3) is 50.2. The van der Waals surface area contributed by atoms with Crippen LogP contribution in [0.1, 0.15) is 277 Å². The van der Waals surface area contributed by atoms with Crippen LogP contribution in [0.25, 0.3) is 0 Å². The van der Waals surface area contributed by atoms with Crippen LogP contribution < -0.4 is 115 Å². The maximum absolute atomic E-state index is 14.9. The SMILES string of the molecule is CC(C)C[C@H](NC(=O)[C@H](CCCCN)NC(=O)[C@H](CCCCN)NC(=O)[C@H](CC(C)C)NC(=O)[C@H](CC(C)C)NC(=O)[C@H](CCCCN)NC(=O)[C@H](CCCCN)NC(=O)[C@H](CC(C)C)NC(=O)[C@H](CC(C)C)NC(=O)[C@H](CCCCN)NC(=O)[C@H](CCCCN)NC(=O)[C@H](CC(C)C)NC(=O)[C@@H](N)CC(C)C)C(=O)N[C@@H](CCCC(=O)O)C(N)=O. The van der Waals surface area contributed by atoms with E-state index in [0.717, 1.165) is 0 Å². The van der Waals surface area contributed by atoms with E-state index in [4.69, 9.17) is 51.0 Å². The molecule has 37 nitrogen and oxygen atoms in total. The largest absolute Gasteiger partial charge is 0.481 e. The fraction of sp³-hybridized carbons (Fsp3) is 0.821. The summed E-state index contributed by atoms with van der Waals surface area (Å²) in [5.41, 5.74) is 47.1. The molecule has 0 fully saturated rings. The van der Waals surface area contributed by atoms with Gasteiger partial charge in [-0.25, -0.2) is 0 Å². The lowest BCUT2D eigenvalue weighted by molar-refractivity contribution is -0.137. The van der Waals surface area contributed by atoms with E-state index in [-0.39, 0.29) is 170 Å². The molecule has 698 valence electrons. The Kier molecular flexibility index (Phi) is 59.3. The summed E-state index contributed by atoms with van der Waals surface area (Å²) in [6, 6.07) is -17.3. The van der Waals surface area contributed by atoms with Gasteiger partial charge in [-0.3, -0.25) is 71.9 Å². The van der Waals surface area contributed by atoms with Crippen LogP contribution in [0.5, 0.6) is 0 Å².